The summed E-state index contributed by atoms with van der Waals surface area (Å²) in [5.74, 6) is -0.596. The van der Waals surface area contributed by atoms with Crippen LogP contribution in [0, 0.1) is 10.1 Å². The van der Waals surface area contributed by atoms with Crippen molar-refractivity contribution >= 4 is 23.2 Å². The second kappa shape index (κ2) is 9.97. The van der Waals surface area contributed by atoms with Crippen molar-refractivity contribution in [2.45, 2.75) is 12.8 Å². The zero-order valence-electron chi connectivity index (χ0n) is 16.2. The average molecular weight is 403 g/mol. The first-order valence-corrected chi connectivity index (χ1v) is 9.47. The molecule has 7 nitrogen and oxygen atoms in total. The number of non-ortho nitro benzene ring substituents is 1. The molecule has 0 radical (unpaired) electrons. The number of nitro groups is 1. The minimum absolute atomic E-state index is 0.0832. The van der Waals surface area contributed by atoms with Gasteiger partial charge in [0, 0.05) is 36.3 Å². The summed E-state index contributed by atoms with van der Waals surface area (Å²) in [7, 11) is 0. The van der Waals surface area contributed by atoms with Crippen molar-refractivity contribution in [2.24, 2.45) is 0 Å². The Balaban J connectivity index is 1.51. The highest BCUT2D eigenvalue weighted by Gasteiger charge is 2.11. The number of benzene rings is 3. The quantitative estimate of drug-likeness (QED) is 0.439. The highest BCUT2D eigenvalue weighted by Crippen LogP contribution is 2.19. The lowest BCUT2D eigenvalue weighted by Gasteiger charge is -2.12. The molecule has 0 aliphatic rings. The Labute approximate surface area is 173 Å². The van der Waals surface area contributed by atoms with E-state index >= 15 is 0 Å². The second-order valence-electron chi connectivity index (χ2n) is 6.68. The molecule has 3 aromatic carbocycles. The summed E-state index contributed by atoms with van der Waals surface area (Å²) in [6.07, 6.45) is 0.812. The van der Waals surface area contributed by atoms with Gasteiger partial charge in [-0.15, -0.1) is 0 Å². The summed E-state index contributed by atoms with van der Waals surface area (Å²) in [6.45, 7) is 0.155. The van der Waals surface area contributed by atoms with Crippen LogP contribution in [0.3, 0.4) is 0 Å². The predicted octanol–water partition coefficient (Wildman–Crippen LogP) is 3.94. The molecule has 0 unspecified atom stereocenters. The standard InChI is InChI=1S/C23H21N3O4/c27-22(14-15-24-23(28)18-10-12-20(13-11-18)26(29)30)25-21-9-5-4-8-19(21)16-17-6-2-1-3-7-17/h1-13H,14-16H2,(H,24,28)(H,25,27). The smallest absolute Gasteiger partial charge is 0.269 e. The van der Waals surface area contributed by atoms with E-state index in [0.29, 0.717) is 12.0 Å². The van der Waals surface area contributed by atoms with E-state index in [1.807, 2.05) is 54.6 Å². The van der Waals surface area contributed by atoms with E-state index in [1.165, 1.54) is 24.3 Å². The number of nitro benzene ring substituents is 1. The minimum atomic E-state index is -0.526. The molecule has 0 saturated heterocycles. The van der Waals surface area contributed by atoms with Gasteiger partial charge in [0.2, 0.25) is 5.91 Å². The zero-order chi connectivity index (χ0) is 21.3. The third-order valence-electron chi connectivity index (χ3n) is 4.51. The number of rotatable bonds is 8. The van der Waals surface area contributed by atoms with Crippen LogP contribution in [0.2, 0.25) is 0 Å². The summed E-state index contributed by atoms with van der Waals surface area (Å²) < 4.78 is 0. The van der Waals surface area contributed by atoms with E-state index in [0.717, 1.165) is 16.8 Å². The van der Waals surface area contributed by atoms with Gasteiger partial charge in [-0.3, -0.25) is 19.7 Å². The minimum Gasteiger partial charge on any atom is -0.352 e. The number of anilines is 1. The Kier molecular flexibility index (Phi) is 6.89. The van der Waals surface area contributed by atoms with Crippen LogP contribution in [-0.4, -0.2) is 23.3 Å². The van der Waals surface area contributed by atoms with Crippen molar-refractivity contribution < 1.29 is 14.5 Å². The molecule has 0 aromatic heterocycles. The van der Waals surface area contributed by atoms with Crippen LogP contribution < -0.4 is 10.6 Å². The molecule has 2 amide bonds. The molecule has 0 saturated carbocycles. The normalized spacial score (nSPS) is 10.3. The largest absolute Gasteiger partial charge is 0.352 e. The van der Waals surface area contributed by atoms with E-state index < -0.39 is 4.92 Å². The Hall–Kier alpha value is -4.00. The first-order chi connectivity index (χ1) is 14.5. The van der Waals surface area contributed by atoms with E-state index in [1.54, 1.807) is 0 Å². The molecule has 3 rings (SSSR count). The Bertz CT molecular complexity index is 1030. The van der Waals surface area contributed by atoms with E-state index in [-0.39, 0.29) is 30.5 Å². The number of carbonyl (C=O) groups excluding carboxylic acids is 2. The molecule has 152 valence electrons. The molecule has 0 heterocycles. The lowest BCUT2D eigenvalue weighted by Crippen LogP contribution is -2.27. The molecule has 2 N–H and O–H groups in total. The van der Waals surface area contributed by atoms with Crippen LogP contribution in [0.15, 0.2) is 78.9 Å². The van der Waals surface area contributed by atoms with E-state index in [4.69, 9.17) is 0 Å². The van der Waals surface area contributed by atoms with Gasteiger partial charge >= 0.3 is 0 Å². The number of amides is 2. The van der Waals surface area contributed by atoms with Crippen LogP contribution in [0.25, 0.3) is 0 Å². The van der Waals surface area contributed by atoms with Gasteiger partial charge in [-0.1, -0.05) is 48.5 Å². The average Bonchev–Trinajstić information content (AvgIpc) is 2.76. The van der Waals surface area contributed by atoms with Crippen LogP contribution in [0.1, 0.15) is 27.9 Å². The van der Waals surface area contributed by atoms with Gasteiger partial charge in [-0.05, 0) is 35.7 Å². The second-order valence-corrected chi connectivity index (χ2v) is 6.68. The molecular weight excluding hydrogens is 382 g/mol. The van der Waals surface area contributed by atoms with Gasteiger partial charge in [-0.25, -0.2) is 0 Å². The molecule has 0 aliphatic heterocycles. The number of nitrogens with zero attached hydrogens (tertiary/aromatic N) is 1. The first-order valence-electron chi connectivity index (χ1n) is 9.47. The van der Waals surface area contributed by atoms with E-state index in [9.17, 15) is 19.7 Å². The maximum Gasteiger partial charge on any atom is 0.269 e. The lowest BCUT2D eigenvalue weighted by molar-refractivity contribution is -0.384. The third-order valence-corrected chi connectivity index (χ3v) is 4.51. The molecule has 7 heteroatoms. The third kappa shape index (κ3) is 5.75. The van der Waals surface area contributed by atoms with Crippen LogP contribution in [-0.2, 0) is 11.2 Å². The fraction of sp³-hybridized carbons (Fsp3) is 0.130. The number of hydrogen-bond acceptors (Lipinski definition) is 4. The number of nitrogens with one attached hydrogen (secondary N) is 2. The van der Waals surface area contributed by atoms with Gasteiger partial charge < -0.3 is 10.6 Å². The topological polar surface area (TPSA) is 101 Å². The number of hydrogen-bond donors (Lipinski definition) is 2. The molecule has 0 spiro atoms. The van der Waals surface area contributed by atoms with Crippen LogP contribution in [0.4, 0.5) is 11.4 Å². The van der Waals surface area contributed by atoms with Gasteiger partial charge in [0.05, 0.1) is 4.92 Å². The van der Waals surface area contributed by atoms with Crippen molar-refractivity contribution in [3.63, 3.8) is 0 Å². The van der Waals surface area contributed by atoms with Gasteiger partial charge in [-0.2, -0.15) is 0 Å². The molecule has 0 aliphatic carbocycles. The maximum atomic E-state index is 12.3. The summed E-state index contributed by atoms with van der Waals surface area (Å²) in [5, 5.41) is 16.2. The Morgan fingerprint density at radius 1 is 0.867 bits per heavy atom. The Morgan fingerprint density at radius 3 is 2.23 bits per heavy atom. The highest BCUT2D eigenvalue weighted by molar-refractivity contribution is 5.95. The Morgan fingerprint density at radius 2 is 1.53 bits per heavy atom. The summed E-state index contributed by atoms with van der Waals surface area (Å²) in [6, 6.07) is 22.9. The summed E-state index contributed by atoms with van der Waals surface area (Å²) >= 11 is 0. The van der Waals surface area contributed by atoms with Crippen molar-refractivity contribution in [3.05, 3.63) is 106 Å². The SMILES string of the molecule is O=C(CCNC(=O)c1ccc([N+](=O)[O-])cc1)Nc1ccccc1Cc1ccccc1. The predicted molar refractivity (Wildman–Crippen MR) is 114 cm³/mol. The van der Waals surface area contributed by atoms with Crippen LogP contribution in [0.5, 0.6) is 0 Å². The fourth-order valence-corrected chi connectivity index (χ4v) is 2.95. The van der Waals surface area contributed by atoms with Crippen molar-refractivity contribution in [3.8, 4) is 0 Å². The molecule has 0 bridgehead atoms. The van der Waals surface area contributed by atoms with Gasteiger partial charge in [0.25, 0.3) is 11.6 Å². The van der Waals surface area contributed by atoms with E-state index in [2.05, 4.69) is 10.6 Å². The van der Waals surface area contributed by atoms with Crippen molar-refractivity contribution in [2.75, 3.05) is 11.9 Å². The monoisotopic (exact) mass is 403 g/mol. The maximum absolute atomic E-state index is 12.3. The fourth-order valence-electron chi connectivity index (χ4n) is 2.95. The molecule has 0 fully saturated rings. The molecule has 0 atom stereocenters. The summed E-state index contributed by atoms with van der Waals surface area (Å²) in [5.41, 5.74) is 3.11. The van der Waals surface area contributed by atoms with Crippen LogP contribution >= 0.6 is 0 Å². The lowest BCUT2D eigenvalue weighted by atomic mass is 10.0. The van der Waals surface area contributed by atoms with Crippen molar-refractivity contribution in [1.82, 2.24) is 5.32 Å². The van der Waals surface area contributed by atoms with Crippen molar-refractivity contribution in [1.29, 1.82) is 0 Å². The molecule has 30 heavy (non-hydrogen) atoms. The zero-order valence-corrected chi connectivity index (χ0v) is 16.2. The highest BCUT2D eigenvalue weighted by atomic mass is 16.6. The summed E-state index contributed by atoms with van der Waals surface area (Å²) in [4.78, 5) is 34.6. The first kappa shape index (κ1) is 20.7. The number of para-hydroxylation sites is 1. The number of carbonyl (C=O) groups is 2. The molecular formula is C23H21N3O4. The molecule has 3 aromatic rings. The van der Waals surface area contributed by atoms with Gasteiger partial charge in [0.1, 0.15) is 0 Å². The van der Waals surface area contributed by atoms with Gasteiger partial charge in [0.15, 0.2) is 0 Å².